The Labute approximate surface area is 178 Å². The minimum atomic E-state index is -0.448. The number of amides is 1. The summed E-state index contributed by atoms with van der Waals surface area (Å²) in [5.74, 6) is -0.211. The minimum Gasteiger partial charge on any atom is -0.489 e. The third-order valence-electron chi connectivity index (χ3n) is 4.31. The summed E-state index contributed by atoms with van der Waals surface area (Å²) in [5, 5.41) is 12.4. The van der Waals surface area contributed by atoms with Crippen LogP contribution in [-0.4, -0.2) is 11.4 Å². The van der Waals surface area contributed by atoms with E-state index in [4.69, 9.17) is 4.74 Å². The molecule has 4 nitrogen and oxygen atoms in total. The fourth-order valence-electron chi connectivity index (χ4n) is 3.53. The average molecular weight is 409 g/mol. The van der Waals surface area contributed by atoms with E-state index in [1.165, 1.54) is 12.1 Å². The minimum absolute atomic E-state index is 0.0169. The maximum absolute atomic E-state index is 13.7. The van der Waals surface area contributed by atoms with Gasteiger partial charge in [0, 0.05) is 11.1 Å². The maximum atomic E-state index is 13.7. The number of carbonyl (C=O) groups excluding carboxylic acids is 1. The van der Waals surface area contributed by atoms with Crippen LogP contribution in [0.25, 0.3) is 6.08 Å². The van der Waals surface area contributed by atoms with Crippen LogP contribution in [-0.2, 0) is 11.4 Å². The molecule has 0 bridgehead atoms. The van der Waals surface area contributed by atoms with E-state index in [0.717, 1.165) is 6.42 Å². The molecule has 0 atom stereocenters. The predicted molar refractivity (Wildman–Crippen MR) is 117 cm³/mol. The molecule has 0 saturated heterocycles. The van der Waals surface area contributed by atoms with E-state index in [-0.39, 0.29) is 23.4 Å². The number of carbonyl (C=O) groups is 1. The highest BCUT2D eigenvalue weighted by molar-refractivity contribution is 6.02. The SMILES string of the molecule is CC(C)(C)CC(C)(C)NC(=O)/C(C#N)=C/c1cccc(OCc2ccccc2F)c1. The van der Waals surface area contributed by atoms with Gasteiger partial charge in [-0.2, -0.15) is 5.26 Å². The number of halogens is 1. The second-order valence-electron chi connectivity index (χ2n) is 9.20. The van der Waals surface area contributed by atoms with Crippen LogP contribution >= 0.6 is 0 Å². The summed E-state index contributed by atoms with van der Waals surface area (Å²) < 4.78 is 19.4. The normalized spacial score (nSPS) is 12.2. The van der Waals surface area contributed by atoms with E-state index in [1.54, 1.807) is 42.5 Å². The van der Waals surface area contributed by atoms with Gasteiger partial charge in [-0.1, -0.05) is 51.1 Å². The zero-order valence-electron chi connectivity index (χ0n) is 18.3. The van der Waals surface area contributed by atoms with Crippen LogP contribution in [0.5, 0.6) is 5.75 Å². The number of hydrogen-bond donors (Lipinski definition) is 1. The van der Waals surface area contributed by atoms with Crippen LogP contribution in [0.4, 0.5) is 4.39 Å². The van der Waals surface area contributed by atoms with Gasteiger partial charge in [-0.15, -0.1) is 0 Å². The fourth-order valence-corrected chi connectivity index (χ4v) is 3.53. The van der Waals surface area contributed by atoms with E-state index < -0.39 is 11.4 Å². The number of hydrogen-bond acceptors (Lipinski definition) is 3. The highest BCUT2D eigenvalue weighted by atomic mass is 19.1. The number of nitriles is 1. The van der Waals surface area contributed by atoms with Gasteiger partial charge >= 0.3 is 0 Å². The lowest BCUT2D eigenvalue weighted by atomic mass is 9.81. The van der Waals surface area contributed by atoms with Crippen molar-refractivity contribution in [3.05, 3.63) is 71.0 Å². The molecule has 0 spiro atoms. The molecule has 0 aromatic heterocycles. The van der Waals surface area contributed by atoms with Gasteiger partial charge in [0.2, 0.25) is 0 Å². The Morgan fingerprint density at radius 2 is 1.83 bits per heavy atom. The summed E-state index contributed by atoms with van der Waals surface area (Å²) in [5.41, 5.74) is 0.717. The van der Waals surface area contributed by atoms with Crippen LogP contribution < -0.4 is 10.1 Å². The molecule has 0 aliphatic rings. The molecule has 0 fully saturated rings. The second kappa shape index (κ2) is 9.58. The highest BCUT2D eigenvalue weighted by Crippen LogP contribution is 2.27. The van der Waals surface area contributed by atoms with Gasteiger partial charge < -0.3 is 10.1 Å². The highest BCUT2D eigenvalue weighted by Gasteiger charge is 2.28. The third-order valence-corrected chi connectivity index (χ3v) is 4.31. The summed E-state index contributed by atoms with van der Waals surface area (Å²) >= 11 is 0. The summed E-state index contributed by atoms with van der Waals surface area (Å²) in [6.45, 7) is 10.3. The van der Waals surface area contributed by atoms with E-state index in [9.17, 15) is 14.4 Å². The van der Waals surface area contributed by atoms with Crippen molar-refractivity contribution in [2.24, 2.45) is 5.41 Å². The van der Waals surface area contributed by atoms with Crippen molar-refractivity contribution in [2.45, 2.75) is 53.2 Å². The molecule has 0 aliphatic heterocycles. The molecule has 2 aromatic carbocycles. The standard InChI is InChI=1S/C25H29FN2O2/c1-24(2,3)17-25(4,5)28-23(29)20(15-27)13-18-9-8-11-21(14-18)30-16-19-10-6-7-12-22(19)26/h6-14H,16-17H2,1-5H3,(H,28,29)/b20-13+. The molecule has 2 rings (SSSR count). The Bertz CT molecular complexity index is 966. The largest absolute Gasteiger partial charge is 0.489 e. The van der Waals surface area contributed by atoms with Crippen molar-refractivity contribution in [3.63, 3.8) is 0 Å². The zero-order chi connectivity index (χ0) is 22.4. The van der Waals surface area contributed by atoms with Crippen LogP contribution in [0.3, 0.4) is 0 Å². The number of nitrogens with zero attached hydrogens (tertiary/aromatic N) is 1. The molecule has 0 unspecified atom stereocenters. The first kappa shape index (κ1) is 23.2. The van der Waals surface area contributed by atoms with Crippen molar-refractivity contribution in [1.82, 2.24) is 5.32 Å². The van der Waals surface area contributed by atoms with Crippen molar-refractivity contribution in [2.75, 3.05) is 0 Å². The van der Waals surface area contributed by atoms with E-state index >= 15 is 0 Å². The maximum Gasteiger partial charge on any atom is 0.262 e. The summed E-state index contributed by atoms with van der Waals surface area (Å²) in [6, 6.07) is 15.4. The molecule has 0 aliphatic carbocycles. The van der Waals surface area contributed by atoms with Crippen LogP contribution in [0, 0.1) is 22.6 Å². The summed E-state index contributed by atoms with van der Waals surface area (Å²) in [7, 11) is 0. The molecule has 0 saturated carbocycles. The van der Waals surface area contributed by atoms with E-state index in [2.05, 4.69) is 26.1 Å². The van der Waals surface area contributed by atoms with Crippen molar-refractivity contribution >= 4 is 12.0 Å². The zero-order valence-corrected chi connectivity index (χ0v) is 18.3. The number of ether oxygens (including phenoxy) is 1. The Balaban J connectivity index is 2.12. The van der Waals surface area contributed by atoms with Crippen LogP contribution in [0.2, 0.25) is 0 Å². The third kappa shape index (κ3) is 7.36. The van der Waals surface area contributed by atoms with Gasteiger partial charge in [-0.05, 0) is 55.5 Å². The predicted octanol–water partition coefficient (Wildman–Crippen LogP) is 5.64. The molecule has 30 heavy (non-hydrogen) atoms. The fraction of sp³-hybridized carbons (Fsp3) is 0.360. The van der Waals surface area contributed by atoms with Crippen LogP contribution in [0.15, 0.2) is 54.1 Å². The molecule has 1 N–H and O–H groups in total. The Morgan fingerprint density at radius 1 is 1.13 bits per heavy atom. The molecular weight excluding hydrogens is 379 g/mol. The van der Waals surface area contributed by atoms with Gasteiger partial charge in [0.25, 0.3) is 5.91 Å². The van der Waals surface area contributed by atoms with E-state index in [1.807, 2.05) is 19.9 Å². The first-order valence-electron chi connectivity index (χ1n) is 9.90. The van der Waals surface area contributed by atoms with Crippen molar-refractivity contribution in [1.29, 1.82) is 5.26 Å². The molecule has 1 amide bonds. The number of benzene rings is 2. The van der Waals surface area contributed by atoms with Crippen molar-refractivity contribution < 1.29 is 13.9 Å². The molecule has 2 aromatic rings. The quantitative estimate of drug-likeness (QED) is 0.476. The first-order chi connectivity index (χ1) is 14.0. The Kier molecular flexibility index (Phi) is 7.39. The van der Waals surface area contributed by atoms with Gasteiger partial charge in [-0.25, -0.2) is 4.39 Å². The average Bonchev–Trinajstić information content (AvgIpc) is 2.63. The van der Waals surface area contributed by atoms with Crippen molar-refractivity contribution in [3.8, 4) is 11.8 Å². The monoisotopic (exact) mass is 408 g/mol. The second-order valence-corrected chi connectivity index (χ2v) is 9.20. The topological polar surface area (TPSA) is 62.1 Å². The van der Waals surface area contributed by atoms with E-state index in [0.29, 0.717) is 16.9 Å². The number of rotatable bonds is 7. The van der Waals surface area contributed by atoms with Gasteiger partial charge in [0.05, 0.1) is 0 Å². The number of nitrogens with one attached hydrogen (secondary N) is 1. The first-order valence-corrected chi connectivity index (χ1v) is 9.90. The van der Waals surface area contributed by atoms with Gasteiger partial charge in [0.1, 0.15) is 29.8 Å². The molecule has 0 heterocycles. The molecule has 0 radical (unpaired) electrons. The van der Waals surface area contributed by atoms with Gasteiger partial charge in [-0.3, -0.25) is 4.79 Å². The van der Waals surface area contributed by atoms with Crippen LogP contribution in [0.1, 0.15) is 52.2 Å². The van der Waals surface area contributed by atoms with Gasteiger partial charge in [0.15, 0.2) is 0 Å². The summed E-state index contributed by atoms with van der Waals surface area (Å²) in [6.07, 6.45) is 2.29. The smallest absolute Gasteiger partial charge is 0.262 e. The lowest BCUT2D eigenvalue weighted by molar-refractivity contribution is -0.118. The summed E-state index contributed by atoms with van der Waals surface area (Å²) in [4.78, 5) is 12.6. The molecule has 158 valence electrons. The molecular formula is C25H29FN2O2. The Morgan fingerprint density at radius 3 is 2.47 bits per heavy atom. The Hall–Kier alpha value is -3.13. The molecule has 5 heteroatoms. The lowest BCUT2D eigenvalue weighted by Crippen LogP contribution is -2.46. The lowest BCUT2D eigenvalue weighted by Gasteiger charge is -2.33.